The summed E-state index contributed by atoms with van der Waals surface area (Å²) in [7, 11) is 1.31. The van der Waals surface area contributed by atoms with Crippen LogP contribution < -0.4 is 5.56 Å². The topological polar surface area (TPSA) is 90.7 Å². The van der Waals surface area contributed by atoms with E-state index in [2.05, 4.69) is 4.98 Å². The summed E-state index contributed by atoms with van der Waals surface area (Å²) in [6.45, 7) is 3.99. The van der Waals surface area contributed by atoms with E-state index in [0.29, 0.717) is 54.3 Å². The molecule has 1 atom stereocenters. The quantitative estimate of drug-likeness (QED) is 0.291. The number of ether oxygens (including phenoxy) is 2. The third-order valence-electron chi connectivity index (χ3n) is 5.73. The first-order valence-corrected chi connectivity index (χ1v) is 12.1. The van der Waals surface area contributed by atoms with Gasteiger partial charge in [0.25, 0.3) is 5.56 Å². The molecule has 8 nitrogen and oxygen atoms in total. The molecule has 9 heteroatoms. The van der Waals surface area contributed by atoms with E-state index < -0.39 is 5.97 Å². The maximum Gasteiger partial charge on any atom is 0.337 e. The lowest BCUT2D eigenvalue weighted by Crippen LogP contribution is -2.45. The standard InChI is InChI=1S/C25H27N3O5S/c1-17-15-27(12-13-33-17)22(29)16-34-25-26-21-14-19(24(31)32-2)8-9-20(21)23(30)28(25)11-10-18-6-4-3-5-7-18/h3-9,14,17H,10-13,15-16H2,1-2H3. The Morgan fingerprint density at radius 2 is 2.00 bits per heavy atom. The van der Waals surface area contributed by atoms with Gasteiger partial charge < -0.3 is 14.4 Å². The molecule has 1 saturated heterocycles. The number of rotatable bonds is 7. The van der Waals surface area contributed by atoms with Crippen LogP contribution in [-0.4, -0.2) is 65.0 Å². The van der Waals surface area contributed by atoms with Crippen molar-refractivity contribution < 1.29 is 19.1 Å². The first-order valence-electron chi connectivity index (χ1n) is 11.2. The molecule has 1 fully saturated rings. The van der Waals surface area contributed by atoms with Crippen molar-refractivity contribution in [3.05, 3.63) is 70.0 Å². The largest absolute Gasteiger partial charge is 0.465 e. The van der Waals surface area contributed by atoms with E-state index in [1.54, 1.807) is 27.7 Å². The minimum Gasteiger partial charge on any atom is -0.465 e. The smallest absolute Gasteiger partial charge is 0.337 e. The maximum atomic E-state index is 13.4. The Morgan fingerprint density at radius 1 is 1.21 bits per heavy atom. The second-order valence-electron chi connectivity index (χ2n) is 8.12. The molecule has 2 aromatic carbocycles. The van der Waals surface area contributed by atoms with Gasteiger partial charge in [0.05, 0.1) is 42.0 Å². The van der Waals surface area contributed by atoms with Crippen molar-refractivity contribution in [3.8, 4) is 0 Å². The number of methoxy groups -OCH3 is 1. The fourth-order valence-corrected chi connectivity index (χ4v) is 4.83. The number of amides is 1. The number of morpholine rings is 1. The number of nitrogens with zero attached hydrogens (tertiary/aromatic N) is 3. The highest BCUT2D eigenvalue weighted by molar-refractivity contribution is 7.99. The maximum absolute atomic E-state index is 13.4. The van der Waals surface area contributed by atoms with Gasteiger partial charge in [-0.25, -0.2) is 9.78 Å². The molecule has 0 N–H and O–H groups in total. The molecule has 0 spiro atoms. The van der Waals surface area contributed by atoms with Gasteiger partial charge in [-0.3, -0.25) is 14.2 Å². The van der Waals surface area contributed by atoms with Gasteiger partial charge in [0.15, 0.2) is 5.16 Å². The van der Waals surface area contributed by atoms with Crippen molar-refractivity contribution in [2.75, 3.05) is 32.6 Å². The van der Waals surface area contributed by atoms with Crippen LogP contribution in [0, 0.1) is 0 Å². The van der Waals surface area contributed by atoms with Crippen molar-refractivity contribution in [2.24, 2.45) is 0 Å². The van der Waals surface area contributed by atoms with Crippen molar-refractivity contribution in [3.63, 3.8) is 0 Å². The lowest BCUT2D eigenvalue weighted by molar-refractivity contribution is -0.135. The van der Waals surface area contributed by atoms with E-state index in [4.69, 9.17) is 9.47 Å². The minimum atomic E-state index is -0.497. The number of benzene rings is 2. The number of aryl methyl sites for hydroxylation is 1. The van der Waals surface area contributed by atoms with Gasteiger partial charge in [0, 0.05) is 19.6 Å². The Balaban J connectivity index is 1.64. The third-order valence-corrected chi connectivity index (χ3v) is 6.69. The Kier molecular flexibility index (Phi) is 7.64. The average Bonchev–Trinajstić information content (AvgIpc) is 2.86. The zero-order valence-electron chi connectivity index (χ0n) is 19.2. The lowest BCUT2D eigenvalue weighted by atomic mass is 10.1. The molecule has 0 aliphatic carbocycles. The molecule has 1 amide bonds. The third kappa shape index (κ3) is 5.48. The van der Waals surface area contributed by atoms with Crippen LogP contribution in [-0.2, 0) is 27.2 Å². The summed E-state index contributed by atoms with van der Waals surface area (Å²) in [6, 6.07) is 14.6. The molecular formula is C25H27N3O5S. The van der Waals surface area contributed by atoms with Crippen LogP contribution in [0.4, 0.5) is 0 Å². The molecule has 2 heterocycles. The van der Waals surface area contributed by atoms with Crippen molar-refractivity contribution in [1.82, 2.24) is 14.5 Å². The molecule has 0 saturated carbocycles. The Bertz CT molecular complexity index is 1240. The second kappa shape index (κ2) is 10.8. The van der Waals surface area contributed by atoms with Crippen LogP contribution in [0.25, 0.3) is 10.9 Å². The summed E-state index contributed by atoms with van der Waals surface area (Å²) < 4.78 is 11.9. The molecular weight excluding hydrogens is 454 g/mol. The van der Waals surface area contributed by atoms with Crippen LogP contribution in [0.15, 0.2) is 58.5 Å². The van der Waals surface area contributed by atoms with Gasteiger partial charge in [0.1, 0.15) is 0 Å². The molecule has 1 unspecified atom stereocenters. The first kappa shape index (κ1) is 24.0. The zero-order chi connectivity index (χ0) is 24.1. The number of hydrogen-bond acceptors (Lipinski definition) is 7. The predicted octanol–water partition coefficient (Wildman–Crippen LogP) is 2.77. The van der Waals surface area contributed by atoms with Gasteiger partial charge in [-0.1, -0.05) is 42.1 Å². The van der Waals surface area contributed by atoms with Gasteiger partial charge in [-0.15, -0.1) is 0 Å². The predicted molar refractivity (Wildman–Crippen MR) is 130 cm³/mol. The van der Waals surface area contributed by atoms with Gasteiger partial charge >= 0.3 is 5.97 Å². The fraction of sp³-hybridized carbons (Fsp3) is 0.360. The first-order chi connectivity index (χ1) is 16.5. The van der Waals surface area contributed by atoms with E-state index in [-0.39, 0.29) is 23.3 Å². The van der Waals surface area contributed by atoms with Crippen LogP contribution in [0.1, 0.15) is 22.8 Å². The molecule has 34 heavy (non-hydrogen) atoms. The van der Waals surface area contributed by atoms with E-state index >= 15 is 0 Å². The van der Waals surface area contributed by atoms with E-state index in [1.165, 1.54) is 18.9 Å². The van der Waals surface area contributed by atoms with E-state index in [9.17, 15) is 14.4 Å². The SMILES string of the molecule is COC(=O)c1ccc2c(=O)n(CCc3ccccc3)c(SCC(=O)N3CCOC(C)C3)nc2c1. The van der Waals surface area contributed by atoms with E-state index in [1.807, 2.05) is 37.3 Å². The van der Waals surface area contributed by atoms with Crippen LogP contribution in [0.3, 0.4) is 0 Å². The van der Waals surface area contributed by atoms with Gasteiger partial charge in [0.2, 0.25) is 5.91 Å². The van der Waals surface area contributed by atoms with Crippen molar-refractivity contribution in [1.29, 1.82) is 0 Å². The summed E-state index contributed by atoms with van der Waals surface area (Å²) in [6.07, 6.45) is 0.652. The number of carbonyl (C=O) groups is 2. The molecule has 178 valence electrons. The molecule has 1 aliphatic rings. The van der Waals surface area contributed by atoms with E-state index in [0.717, 1.165) is 5.56 Å². The number of hydrogen-bond donors (Lipinski definition) is 0. The highest BCUT2D eigenvalue weighted by atomic mass is 32.2. The second-order valence-corrected chi connectivity index (χ2v) is 9.06. The normalized spacial score (nSPS) is 15.9. The van der Waals surface area contributed by atoms with Crippen LogP contribution in [0.5, 0.6) is 0 Å². The summed E-state index contributed by atoms with van der Waals surface area (Å²) in [5.41, 5.74) is 1.62. The monoisotopic (exact) mass is 481 g/mol. The van der Waals surface area contributed by atoms with Gasteiger partial charge in [-0.2, -0.15) is 0 Å². The zero-order valence-corrected chi connectivity index (χ0v) is 20.0. The molecule has 0 bridgehead atoms. The lowest BCUT2D eigenvalue weighted by Gasteiger charge is -2.31. The Labute approximate surface area is 201 Å². The molecule has 0 radical (unpaired) electrons. The minimum absolute atomic E-state index is 0.00212. The number of carbonyl (C=O) groups excluding carboxylic acids is 2. The summed E-state index contributed by atoms with van der Waals surface area (Å²) >= 11 is 1.24. The summed E-state index contributed by atoms with van der Waals surface area (Å²) in [5, 5.41) is 0.864. The molecule has 1 aromatic heterocycles. The molecule has 4 rings (SSSR count). The average molecular weight is 482 g/mol. The van der Waals surface area contributed by atoms with Crippen molar-refractivity contribution in [2.45, 2.75) is 31.1 Å². The molecule has 3 aromatic rings. The number of thioether (sulfide) groups is 1. The highest BCUT2D eigenvalue weighted by Gasteiger charge is 2.22. The van der Waals surface area contributed by atoms with Crippen LogP contribution >= 0.6 is 11.8 Å². The Hall–Kier alpha value is -3.17. The fourth-order valence-electron chi connectivity index (χ4n) is 3.90. The van der Waals surface area contributed by atoms with Crippen LogP contribution in [0.2, 0.25) is 0 Å². The summed E-state index contributed by atoms with van der Waals surface area (Å²) in [4.78, 5) is 44.6. The van der Waals surface area contributed by atoms with Gasteiger partial charge in [-0.05, 0) is 37.1 Å². The highest BCUT2D eigenvalue weighted by Crippen LogP contribution is 2.21. The Morgan fingerprint density at radius 3 is 2.74 bits per heavy atom. The number of fused-ring (bicyclic) bond motifs is 1. The molecule has 1 aliphatic heterocycles. The van der Waals surface area contributed by atoms with Crippen molar-refractivity contribution >= 4 is 34.5 Å². The number of aromatic nitrogens is 2. The number of esters is 1. The summed E-state index contributed by atoms with van der Waals surface area (Å²) in [5.74, 6) is -0.359.